The van der Waals surface area contributed by atoms with Gasteiger partial charge in [0.1, 0.15) is 11.8 Å². The average molecular weight is 191 g/mol. The minimum atomic E-state index is -0.358. The van der Waals surface area contributed by atoms with E-state index in [9.17, 15) is 4.79 Å². The first-order valence-electron chi connectivity index (χ1n) is 4.03. The van der Waals surface area contributed by atoms with E-state index in [1.54, 1.807) is 0 Å². The first-order chi connectivity index (χ1) is 6.77. The molecule has 72 valence electrons. The van der Waals surface area contributed by atoms with Gasteiger partial charge in [-0.05, 0) is 12.1 Å². The summed E-state index contributed by atoms with van der Waals surface area (Å²) in [6.45, 7) is 0.0858. The van der Waals surface area contributed by atoms with Gasteiger partial charge in [-0.1, -0.05) is 0 Å². The van der Waals surface area contributed by atoms with Crippen molar-refractivity contribution in [2.24, 2.45) is 0 Å². The second-order valence-corrected chi connectivity index (χ2v) is 2.52. The largest absolute Gasteiger partial charge is 0.395 e. The van der Waals surface area contributed by atoms with E-state index < -0.39 is 0 Å². The summed E-state index contributed by atoms with van der Waals surface area (Å²) in [5.74, 6) is -0.358. The van der Waals surface area contributed by atoms with Gasteiger partial charge in [-0.2, -0.15) is 5.26 Å². The van der Waals surface area contributed by atoms with Crippen LogP contribution in [-0.2, 0) is 0 Å². The third kappa shape index (κ3) is 2.54. The molecule has 1 aromatic heterocycles. The summed E-state index contributed by atoms with van der Waals surface area (Å²) in [6, 6.07) is 4.88. The van der Waals surface area contributed by atoms with Crippen LogP contribution >= 0.6 is 0 Å². The number of carbonyl (C=O) groups excluding carboxylic acids is 1. The Kier molecular flexibility index (Phi) is 3.58. The molecule has 0 spiro atoms. The van der Waals surface area contributed by atoms with Crippen molar-refractivity contribution < 1.29 is 9.90 Å². The van der Waals surface area contributed by atoms with Gasteiger partial charge in [0.2, 0.25) is 0 Å². The lowest BCUT2D eigenvalue weighted by Gasteiger charge is -2.01. The van der Waals surface area contributed by atoms with E-state index in [-0.39, 0.29) is 24.8 Å². The van der Waals surface area contributed by atoms with Crippen molar-refractivity contribution in [2.45, 2.75) is 0 Å². The zero-order valence-electron chi connectivity index (χ0n) is 7.40. The van der Waals surface area contributed by atoms with Crippen molar-refractivity contribution in [3.05, 3.63) is 29.6 Å². The van der Waals surface area contributed by atoms with Crippen LogP contribution in [0.1, 0.15) is 16.1 Å². The molecule has 5 nitrogen and oxygen atoms in total. The van der Waals surface area contributed by atoms with Crippen molar-refractivity contribution in [3.8, 4) is 6.07 Å². The predicted octanol–water partition coefficient (Wildman–Crippen LogP) is -0.325. The fraction of sp³-hybridized carbons (Fsp3) is 0.222. The number of rotatable bonds is 3. The molecule has 0 aliphatic carbocycles. The molecule has 2 N–H and O–H groups in total. The van der Waals surface area contributed by atoms with E-state index in [2.05, 4.69) is 10.3 Å². The molecule has 0 radical (unpaired) electrons. The number of aromatic nitrogens is 1. The molecule has 0 bridgehead atoms. The Morgan fingerprint density at radius 2 is 2.43 bits per heavy atom. The summed E-state index contributed by atoms with van der Waals surface area (Å²) in [4.78, 5) is 15.0. The van der Waals surface area contributed by atoms with Crippen LogP contribution < -0.4 is 5.32 Å². The number of carbonyl (C=O) groups is 1. The number of aliphatic hydroxyl groups excluding tert-OH is 1. The first kappa shape index (κ1) is 10.2. The second kappa shape index (κ2) is 4.94. The van der Waals surface area contributed by atoms with Crippen LogP contribution in [0.3, 0.4) is 0 Å². The van der Waals surface area contributed by atoms with E-state index >= 15 is 0 Å². The van der Waals surface area contributed by atoms with Crippen molar-refractivity contribution in [2.75, 3.05) is 13.2 Å². The molecule has 0 saturated carbocycles. The maximum absolute atomic E-state index is 11.2. The molecule has 1 heterocycles. The standard InChI is InChI=1S/C9H9N3O2/c10-5-7-1-2-8(12-6-7)9(14)11-3-4-13/h1-2,6,13H,3-4H2,(H,11,14). The molecule has 0 aromatic carbocycles. The van der Waals surface area contributed by atoms with Gasteiger partial charge in [0.25, 0.3) is 5.91 Å². The quantitative estimate of drug-likeness (QED) is 0.685. The number of nitriles is 1. The Bertz CT molecular complexity index is 353. The van der Waals surface area contributed by atoms with Crippen molar-refractivity contribution in [1.82, 2.24) is 10.3 Å². The Labute approximate surface area is 81.0 Å². The average Bonchev–Trinajstić information content (AvgIpc) is 2.26. The maximum Gasteiger partial charge on any atom is 0.269 e. The van der Waals surface area contributed by atoms with E-state index in [0.29, 0.717) is 5.56 Å². The van der Waals surface area contributed by atoms with Gasteiger partial charge in [-0.25, -0.2) is 4.98 Å². The Balaban J connectivity index is 2.68. The van der Waals surface area contributed by atoms with Gasteiger partial charge in [-0.3, -0.25) is 4.79 Å². The molecule has 5 heteroatoms. The molecule has 0 atom stereocenters. The van der Waals surface area contributed by atoms with Gasteiger partial charge < -0.3 is 10.4 Å². The van der Waals surface area contributed by atoms with E-state index in [4.69, 9.17) is 10.4 Å². The summed E-state index contributed by atoms with van der Waals surface area (Å²) in [7, 11) is 0. The molecule has 0 saturated heterocycles. The molecule has 1 aromatic rings. The molecule has 0 unspecified atom stereocenters. The SMILES string of the molecule is N#Cc1ccc(C(=O)NCCO)nc1. The Morgan fingerprint density at radius 1 is 1.64 bits per heavy atom. The van der Waals surface area contributed by atoms with Gasteiger partial charge in [0.05, 0.1) is 12.2 Å². The fourth-order valence-electron chi connectivity index (χ4n) is 0.854. The van der Waals surface area contributed by atoms with Crippen LogP contribution in [0.15, 0.2) is 18.3 Å². The van der Waals surface area contributed by atoms with Crippen LogP contribution in [0.5, 0.6) is 0 Å². The number of aliphatic hydroxyl groups is 1. The summed E-state index contributed by atoms with van der Waals surface area (Å²) in [5, 5.41) is 19.4. The summed E-state index contributed by atoms with van der Waals surface area (Å²) >= 11 is 0. The summed E-state index contributed by atoms with van der Waals surface area (Å²) < 4.78 is 0. The first-order valence-corrected chi connectivity index (χ1v) is 4.03. The normalized spacial score (nSPS) is 9.14. The lowest BCUT2D eigenvalue weighted by molar-refractivity contribution is 0.0940. The van der Waals surface area contributed by atoms with Gasteiger partial charge >= 0.3 is 0 Å². The van der Waals surface area contributed by atoms with E-state index in [1.807, 2.05) is 6.07 Å². The third-order valence-electron chi connectivity index (χ3n) is 1.52. The molecular formula is C9H9N3O2. The fourth-order valence-corrected chi connectivity index (χ4v) is 0.854. The predicted molar refractivity (Wildman–Crippen MR) is 48.4 cm³/mol. The number of hydrogen-bond acceptors (Lipinski definition) is 4. The minimum absolute atomic E-state index is 0.109. The van der Waals surface area contributed by atoms with Crippen LogP contribution in [0, 0.1) is 11.3 Å². The zero-order valence-corrected chi connectivity index (χ0v) is 7.40. The topological polar surface area (TPSA) is 86.0 Å². The molecule has 1 amide bonds. The summed E-state index contributed by atoms with van der Waals surface area (Å²) in [6.07, 6.45) is 1.33. The second-order valence-electron chi connectivity index (χ2n) is 2.52. The Morgan fingerprint density at radius 3 is 2.93 bits per heavy atom. The van der Waals surface area contributed by atoms with Crippen molar-refractivity contribution in [1.29, 1.82) is 5.26 Å². The van der Waals surface area contributed by atoms with Crippen molar-refractivity contribution >= 4 is 5.91 Å². The van der Waals surface area contributed by atoms with Crippen LogP contribution in [0.25, 0.3) is 0 Å². The number of nitrogens with one attached hydrogen (secondary N) is 1. The molecular weight excluding hydrogens is 182 g/mol. The molecule has 14 heavy (non-hydrogen) atoms. The highest BCUT2D eigenvalue weighted by Gasteiger charge is 2.05. The van der Waals surface area contributed by atoms with Gasteiger partial charge in [0, 0.05) is 12.7 Å². The molecule has 0 aliphatic heterocycles. The minimum Gasteiger partial charge on any atom is -0.395 e. The highest BCUT2D eigenvalue weighted by atomic mass is 16.3. The van der Waals surface area contributed by atoms with Crippen LogP contribution in [-0.4, -0.2) is 29.1 Å². The third-order valence-corrected chi connectivity index (χ3v) is 1.52. The van der Waals surface area contributed by atoms with E-state index in [0.717, 1.165) is 0 Å². The monoisotopic (exact) mass is 191 g/mol. The zero-order chi connectivity index (χ0) is 10.4. The molecule has 1 rings (SSSR count). The molecule has 0 aliphatic rings. The number of nitrogens with zero attached hydrogens (tertiary/aromatic N) is 2. The van der Waals surface area contributed by atoms with Gasteiger partial charge in [0.15, 0.2) is 0 Å². The highest BCUT2D eigenvalue weighted by molar-refractivity contribution is 5.92. The Hall–Kier alpha value is -1.93. The van der Waals surface area contributed by atoms with Crippen LogP contribution in [0.4, 0.5) is 0 Å². The number of hydrogen-bond donors (Lipinski definition) is 2. The number of pyridine rings is 1. The smallest absolute Gasteiger partial charge is 0.269 e. The van der Waals surface area contributed by atoms with E-state index in [1.165, 1.54) is 18.3 Å². The maximum atomic E-state index is 11.2. The number of amides is 1. The lowest BCUT2D eigenvalue weighted by atomic mass is 10.2. The summed E-state index contributed by atoms with van der Waals surface area (Å²) in [5.41, 5.74) is 0.640. The highest BCUT2D eigenvalue weighted by Crippen LogP contribution is 1.98. The molecule has 0 fully saturated rings. The van der Waals surface area contributed by atoms with Crippen molar-refractivity contribution in [3.63, 3.8) is 0 Å². The van der Waals surface area contributed by atoms with Crippen LogP contribution in [0.2, 0.25) is 0 Å². The lowest BCUT2D eigenvalue weighted by Crippen LogP contribution is -2.27. The van der Waals surface area contributed by atoms with Gasteiger partial charge in [-0.15, -0.1) is 0 Å².